The summed E-state index contributed by atoms with van der Waals surface area (Å²) in [6, 6.07) is 2.34. The Labute approximate surface area is 183 Å². The van der Waals surface area contributed by atoms with E-state index in [2.05, 4.69) is 21.3 Å². The zero-order chi connectivity index (χ0) is 23.7. The van der Waals surface area contributed by atoms with Crippen LogP contribution < -0.4 is 21.3 Å². The quantitative estimate of drug-likeness (QED) is 0.206. The molecule has 12 nitrogen and oxygen atoms in total. The van der Waals surface area contributed by atoms with Gasteiger partial charge in [-0.2, -0.15) is 0 Å². The first-order valence-corrected chi connectivity index (χ1v) is 9.99. The second-order valence-corrected chi connectivity index (χ2v) is 7.35. The van der Waals surface area contributed by atoms with Crippen LogP contribution in [0.3, 0.4) is 0 Å². The summed E-state index contributed by atoms with van der Waals surface area (Å²) < 4.78 is 0. The second-order valence-electron chi connectivity index (χ2n) is 7.35. The Bertz CT molecular complexity index is 852. The average Bonchev–Trinajstić information content (AvgIpc) is 3.27. The molecule has 1 aliphatic rings. The lowest BCUT2D eigenvalue weighted by Gasteiger charge is -2.21. The minimum atomic E-state index is -1.54. The van der Waals surface area contributed by atoms with Crippen molar-refractivity contribution in [1.82, 2.24) is 21.3 Å². The number of benzene rings is 1. The monoisotopic (exact) mass is 450 g/mol. The van der Waals surface area contributed by atoms with Crippen molar-refractivity contribution in [2.24, 2.45) is 0 Å². The van der Waals surface area contributed by atoms with E-state index >= 15 is 0 Å². The van der Waals surface area contributed by atoms with E-state index in [4.69, 9.17) is 5.11 Å². The topological polar surface area (TPSA) is 194 Å². The molecule has 2 rings (SSSR count). The Hall–Kier alpha value is -3.67. The summed E-state index contributed by atoms with van der Waals surface area (Å²) >= 11 is 0. The van der Waals surface area contributed by atoms with Gasteiger partial charge in [-0.15, -0.1) is 0 Å². The van der Waals surface area contributed by atoms with Crippen LogP contribution in [0.15, 0.2) is 24.3 Å². The molecule has 1 heterocycles. The van der Waals surface area contributed by atoms with Gasteiger partial charge >= 0.3 is 11.9 Å². The lowest BCUT2D eigenvalue weighted by atomic mass is 10.0. The van der Waals surface area contributed by atoms with Crippen LogP contribution in [0, 0.1) is 0 Å². The number of carbonyl (C=O) groups excluding carboxylic acids is 3. The second kappa shape index (κ2) is 11.6. The number of nitrogens with one attached hydrogen (secondary N) is 4. The summed E-state index contributed by atoms with van der Waals surface area (Å²) in [5, 5.41) is 37.6. The average molecular weight is 450 g/mol. The molecule has 3 unspecified atom stereocenters. The smallest absolute Gasteiger partial charge is 0.326 e. The molecule has 3 atom stereocenters. The lowest BCUT2D eigenvalue weighted by Crippen LogP contribution is -2.54. The first-order chi connectivity index (χ1) is 15.2. The standard InChI is InChI=1S/C20H26N4O8/c25-12-5-3-11(4-6-12)8-15(20(31)32)24-19(30)14(9-17(27)28)23-16(26)10-22-18(29)13-2-1-7-21-13/h3-6,13-15,21,25H,1-2,7-10H2,(H,22,29)(H,23,26)(H,24,30)(H,27,28)(H,31,32). The third-order valence-corrected chi connectivity index (χ3v) is 4.82. The molecule has 0 aromatic heterocycles. The third-order valence-electron chi connectivity index (χ3n) is 4.82. The van der Waals surface area contributed by atoms with E-state index in [1.54, 1.807) is 0 Å². The molecule has 1 saturated heterocycles. The lowest BCUT2D eigenvalue weighted by molar-refractivity contribution is -0.143. The Morgan fingerprint density at radius 3 is 2.28 bits per heavy atom. The number of hydrogen-bond donors (Lipinski definition) is 7. The molecule has 0 saturated carbocycles. The maximum Gasteiger partial charge on any atom is 0.326 e. The van der Waals surface area contributed by atoms with Crippen molar-refractivity contribution >= 4 is 29.7 Å². The molecular weight excluding hydrogens is 424 g/mol. The van der Waals surface area contributed by atoms with Crippen LogP contribution in [0.1, 0.15) is 24.8 Å². The summed E-state index contributed by atoms with van der Waals surface area (Å²) in [6.07, 6.45) is 0.565. The molecule has 1 aromatic rings. The molecule has 7 N–H and O–H groups in total. The van der Waals surface area contributed by atoms with Crippen molar-refractivity contribution < 1.29 is 39.3 Å². The van der Waals surface area contributed by atoms with Crippen LogP contribution in [0.4, 0.5) is 0 Å². The number of carbonyl (C=O) groups is 5. The number of carboxylic acids is 2. The fourth-order valence-corrected chi connectivity index (χ4v) is 3.17. The van der Waals surface area contributed by atoms with Gasteiger partial charge in [0.05, 0.1) is 19.0 Å². The Morgan fingerprint density at radius 1 is 1.03 bits per heavy atom. The van der Waals surface area contributed by atoms with E-state index in [0.29, 0.717) is 18.5 Å². The highest BCUT2D eigenvalue weighted by Crippen LogP contribution is 2.12. The highest BCUT2D eigenvalue weighted by molar-refractivity contribution is 5.94. The number of aromatic hydroxyl groups is 1. The fraction of sp³-hybridized carbons (Fsp3) is 0.450. The summed E-state index contributed by atoms with van der Waals surface area (Å²) in [7, 11) is 0. The first kappa shape index (κ1) is 24.6. The van der Waals surface area contributed by atoms with Gasteiger partial charge in [-0.3, -0.25) is 19.2 Å². The van der Waals surface area contributed by atoms with Gasteiger partial charge < -0.3 is 36.6 Å². The minimum Gasteiger partial charge on any atom is -0.508 e. The van der Waals surface area contributed by atoms with Gasteiger partial charge in [-0.05, 0) is 37.1 Å². The van der Waals surface area contributed by atoms with Gasteiger partial charge in [-0.1, -0.05) is 12.1 Å². The maximum absolute atomic E-state index is 12.5. The van der Waals surface area contributed by atoms with E-state index in [0.717, 1.165) is 6.42 Å². The molecule has 1 aromatic carbocycles. The molecule has 1 aliphatic heterocycles. The zero-order valence-electron chi connectivity index (χ0n) is 17.2. The zero-order valence-corrected chi connectivity index (χ0v) is 17.2. The van der Waals surface area contributed by atoms with Gasteiger partial charge in [0.15, 0.2) is 0 Å². The maximum atomic E-state index is 12.5. The first-order valence-electron chi connectivity index (χ1n) is 9.99. The number of phenols is 1. The van der Waals surface area contributed by atoms with E-state index in [9.17, 15) is 34.2 Å². The van der Waals surface area contributed by atoms with Gasteiger partial charge in [-0.25, -0.2) is 4.79 Å². The predicted molar refractivity (Wildman–Crippen MR) is 110 cm³/mol. The highest BCUT2D eigenvalue weighted by atomic mass is 16.4. The van der Waals surface area contributed by atoms with Crippen LogP contribution in [-0.4, -0.2) is 76.2 Å². The predicted octanol–water partition coefficient (Wildman–Crippen LogP) is -1.67. The number of carboxylic acid groups (broad SMARTS) is 2. The summed E-state index contributed by atoms with van der Waals surface area (Å²) in [5.74, 6) is -4.90. The minimum absolute atomic E-state index is 0.00954. The van der Waals surface area contributed by atoms with Crippen molar-refractivity contribution in [1.29, 1.82) is 0 Å². The molecule has 1 fully saturated rings. The number of hydrogen-bond acceptors (Lipinski definition) is 7. The third kappa shape index (κ3) is 7.87. The van der Waals surface area contributed by atoms with Crippen molar-refractivity contribution in [3.8, 4) is 5.75 Å². The number of rotatable bonds is 11. The molecule has 3 amide bonds. The molecule has 174 valence electrons. The summed E-state index contributed by atoms with van der Waals surface area (Å²) in [5.41, 5.74) is 0.512. The van der Waals surface area contributed by atoms with Crippen LogP contribution in [0.2, 0.25) is 0 Å². The number of aliphatic carboxylic acids is 2. The van der Waals surface area contributed by atoms with Gasteiger partial charge in [0.2, 0.25) is 17.7 Å². The molecule has 0 radical (unpaired) electrons. The van der Waals surface area contributed by atoms with E-state index in [1.807, 2.05) is 0 Å². The fourth-order valence-electron chi connectivity index (χ4n) is 3.17. The van der Waals surface area contributed by atoms with Crippen LogP contribution in [0.25, 0.3) is 0 Å². The van der Waals surface area contributed by atoms with Crippen molar-refractivity contribution in [3.05, 3.63) is 29.8 Å². The van der Waals surface area contributed by atoms with E-state index in [1.165, 1.54) is 24.3 Å². The van der Waals surface area contributed by atoms with Gasteiger partial charge in [0.1, 0.15) is 17.8 Å². The van der Waals surface area contributed by atoms with Crippen LogP contribution in [0.5, 0.6) is 5.75 Å². The Balaban J connectivity index is 1.96. The van der Waals surface area contributed by atoms with Crippen molar-refractivity contribution in [2.75, 3.05) is 13.1 Å². The number of phenolic OH excluding ortho intramolecular Hbond substituents is 1. The molecule has 0 aliphatic carbocycles. The van der Waals surface area contributed by atoms with Crippen molar-refractivity contribution in [2.45, 2.75) is 43.8 Å². The molecule has 0 bridgehead atoms. The Kier molecular flexibility index (Phi) is 8.95. The Morgan fingerprint density at radius 2 is 1.72 bits per heavy atom. The molecule has 32 heavy (non-hydrogen) atoms. The normalized spacial score (nSPS) is 17.1. The number of amides is 3. The highest BCUT2D eigenvalue weighted by Gasteiger charge is 2.29. The van der Waals surface area contributed by atoms with Crippen LogP contribution >= 0.6 is 0 Å². The van der Waals surface area contributed by atoms with Gasteiger partial charge in [0.25, 0.3) is 0 Å². The largest absolute Gasteiger partial charge is 0.508 e. The molecule has 12 heteroatoms. The van der Waals surface area contributed by atoms with E-state index < -0.39 is 54.8 Å². The van der Waals surface area contributed by atoms with Crippen LogP contribution in [-0.2, 0) is 30.4 Å². The van der Waals surface area contributed by atoms with E-state index in [-0.39, 0.29) is 18.1 Å². The summed E-state index contributed by atoms with van der Waals surface area (Å²) in [4.78, 5) is 59.3. The SMILES string of the molecule is O=C(O)CC(NC(=O)CNC(=O)C1CCCN1)C(=O)NC(Cc1ccc(O)cc1)C(=O)O. The molecule has 0 spiro atoms. The summed E-state index contributed by atoms with van der Waals surface area (Å²) in [6.45, 7) is 0.232. The van der Waals surface area contributed by atoms with Crippen molar-refractivity contribution in [3.63, 3.8) is 0 Å². The van der Waals surface area contributed by atoms with Gasteiger partial charge in [0, 0.05) is 6.42 Å². The molecular formula is C20H26N4O8.